The van der Waals surface area contributed by atoms with E-state index >= 15 is 0 Å². The van der Waals surface area contributed by atoms with Gasteiger partial charge >= 0.3 is 5.97 Å². The topological polar surface area (TPSA) is 107 Å². The molecule has 4 heterocycles. The Morgan fingerprint density at radius 2 is 2.00 bits per heavy atom. The van der Waals surface area contributed by atoms with Gasteiger partial charge in [-0.05, 0) is 24.5 Å². The van der Waals surface area contributed by atoms with Crippen molar-refractivity contribution >= 4 is 22.6 Å². The van der Waals surface area contributed by atoms with E-state index in [2.05, 4.69) is 13.0 Å². The van der Waals surface area contributed by atoms with E-state index in [9.17, 15) is 14.7 Å². The number of nitrogen functional groups attached to an aromatic ring is 1. The number of rotatable bonds is 3. The van der Waals surface area contributed by atoms with Crippen LogP contribution in [0.15, 0.2) is 29.1 Å². The zero-order valence-electron chi connectivity index (χ0n) is 17.0. The molecule has 5 rings (SSSR count). The monoisotopic (exact) mass is 405 g/mol. The lowest BCUT2D eigenvalue weighted by Gasteiger charge is -2.33. The van der Waals surface area contributed by atoms with Crippen LogP contribution in [0.25, 0.3) is 22.3 Å². The minimum Gasteiger partial charge on any atom is -0.458 e. The zero-order valence-corrected chi connectivity index (χ0v) is 17.0. The van der Waals surface area contributed by atoms with Gasteiger partial charge in [0.25, 0.3) is 5.56 Å². The fraction of sp³-hybridized carbons (Fsp3) is 0.348. The number of esters is 1. The Hall–Kier alpha value is -3.19. The van der Waals surface area contributed by atoms with E-state index in [4.69, 9.17) is 15.5 Å². The van der Waals surface area contributed by atoms with Gasteiger partial charge in [-0.25, -0.2) is 9.78 Å². The average molecular weight is 405 g/mol. The second-order valence-electron chi connectivity index (χ2n) is 7.98. The Morgan fingerprint density at radius 1 is 1.23 bits per heavy atom. The fourth-order valence-electron chi connectivity index (χ4n) is 4.87. The predicted molar refractivity (Wildman–Crippen MR) is 113 cm³/mol. The maximum absolute atomic E-state index is 13.4. The van der Waals surface area contributed by atoms with E-state index in [1.807, 2.05) is 18.2 Å². The lowest BCUT2D eigenvalue weighted by molar-refractivity contribution is -0.172. The third kappa shape index (κ3) is 2.26. The maximum Gasteiger partial charge on any atom is 0.343 e. The molecule has 154 valence electrons. The number of carbonyl (C=O) groups is 1. The van der Waals surface area contributed by atoms with E-state index < -0.39 is 11.6 Å². The highest BCUT2D eigenvalue weighted by molar-refractivity contribution is 5.93. The number of nitrogens with two attached hydrogens (primary N) is 1. The largest absolute Gasteiger partial charge is 0.458 e. The summed E-state index contributed by atoms with van der Waals surface area (Å²) in [4.78, 5) is 30.6. The molecule has 0 saturated heterocycles. The van der Waals surface area contributed by atoms with Gasteiger partial charge < -0.3 is 20.1 Å². The standard InChI is InChI=1S/C23H23N3O4/c1-3-7-12-13-8-5-6-9-16(13)25-19-14(12)10-26-20(19)18(24)17-15(21(26)27)11-30-22(28)23(17,29)4-2/h5-6,8-9,29H,3-4,7,10-11,24H2,1-2H3/t23-/m0/s1. The third-order valence-corrected chi connectivity index (χ3v) is 6.36. The summed E-state index contributed by atoms with van der Waals surface area (Å²) in [6.07, 6.45) is 1.87. The summed E-state index contributed by atoms with van der Waals surface area (Å²) in [5.74, 6) is -0.773. The molecule has 30 heavy (non-hydrogen) atoms. The number of fused-ring (bicyclic) bond motifs is 5. The minimum absolute atomic E-state index is 0.0605. The number of para-hydroxylation sites is 1. The molecular weight excluding hydrogens is 382 g/mol. The normalized spacial score (nSPS) is 19.4. The van der Waals surface area contributed by atoms with Crippen molar-refractivity contribution in [3.8, 4) is 11.4 Å². The van der Waals surface area contributed by atoms with Gasteiger partial charge in [0.15, 0.2) is 5.60 Å². The smallest absolute Gasteiger partial charge is 0.343 e. The molecule has 0 bridgehead atoms. The van der Waals surface area contributed by atoms with Crippen LogP contribution in [-0.4, -0.2) is 20.6 Å². The number of cyclic esters (lactones) is 1. The Kier molecular flexibility index (Phi) is 4.02. The quantitative estimate of drug-likeness (QED) is 0.508. The molecular formula is C23H23N3O4. The first kappa shape index (κ1) is 18.8. The fourth-order valence-corrected chi connectivity index (χ4v) is 4.87. The second kappa shape index (κ2) is 6.40. The highest BCUT2D eigenvalue weighted by Gasteiger charge is 2.47. The molecule has 0 aliphatic carbocycles. The van der Waals surface area contributed by atoms with Crippen LogP contribution in [0.3, 0.4) is 0 Å². The van der Waals surface area contributed by atoms with Crippen molar-refractivity contribution in [3.05, 3.63) is 56.9 Å². The van der Waals surface area contributed by atoms with Crippen LogP contribution in [0.1, 0.15) is 48.9 Å². The van der Waals surface area contributed by atoms with Crippen LogP contribution in [-0.2, 0) is 34.7 Å². The molecule has 0 spiro atoms. The molecule has 0 radical (unpaired) electrons. The van der Waals surface area contributed by atoms with Crippen LogP contribution in [0.2, 0.25) is 0 Å². The SMILES string of the molecule is CCCc1c2c(nc3ccccc13)-c1c(N)c3c(c(=O)n1C2)COC(=O)[C@]3(O)CC. The molecule has 0 amide bonds. The molecule has 3 N–H and O–H groups in total. The van der Waals surface area contributed by atoms with E-state index in [1.165, 1.54) is 0 Å². The number of carbonyl (C=O) groups excluding carboxylic acids is 1. The van der Waals surface area contributed by atoms with Crippen LogP contribution < -0.4 is 11.3 Å². The molecule has 2 aliphatic rings. The molecule has 0 saturated carbocycles. The zero-order chi connectivity index (χ0) is 21.2. The molecule has 1 aromatic carbocycles. The van der Waals surface area contributed by atoms with Gasteiger partial charge in [-0.15, -0.1) is 0 Å². The van der Waals surface area contributed by atoms with Gasteiger partial charge in [0.1, 0.15) is 6.61 Å². The number of hydrogen-bond donors (Lipinski definition) is 2. The highest BCUT2D eigenvalue weighted by atomic mass is 16.6. The molecule has 7 nitrogen and oxygen atoms in total. The summed E-state index contributed by atoms with van der Waals surface area (Å²) >= 11 is 0. The first-order valence-corrected chi connectivity index (χ1v) is 10.3. The number of hydrogen-bond acceptors (Lipinski definition) is 6. The Bertz CT molecular complexity index is 1290. The molecule has 3 aromatic rings. The van der Waals surface area contributed by atoms with E-state index in [-0.39, 0.29) is 35.4 Å². The van der Waals surface area contributed by atoms with Gasteiger partial charge in [-0.2, -0.15) is 0 Å². The van der Waals surface area contributed by atoms with Gasteiger partial charge in [-0.1, -0.05) is 38.5 Å². The summed E-state index contributed by atoms with van der Waals surface area (Å²) < 4.78 is 6.75. The third-order valence-electron chi connectivity index (χ3n) is 6.36. The van der Waals surface area contributed by atoms with E-state index in [1.54, 1.807) is 11.5 Å². The number of aryl methyl sites for hydroxylation is 1. The van der Waals surface area contributed by atoms with Crippen molar-refractivity contribution in [2.24, 2.45) is 0 Å². The number of aliphatic hydroxyl groups is 1. The van der Waals surface area contributed by atoms with Gasteiger partial charge in [0.05, 0.1) is 34.7 Å². The van der Waals surface area contributed by atoms with Crippen molar-refractivity contribution in [3.63, 3.8) is 0 Å². The van der Waals surface area contributed by atoms with Crippen LogP contribution in [0.5, 0.6) is 0 Å². The minimum atomic E-state index is -1.93. The molecule has 7 heteroatoms. The lowest BCUT2D eigenvalue weighted by Crippen LogP contribution is -2.45. The van der Waals surface area contributed by atoms with Crippen molar-refractivity contribution in [2.75, 3.05) is 5.73 Å². The Labute approximate surface area is 173 Å². The lowest BCUT2D eigenvalue weighted by atomic mass is 9.84. The summed E-state index contributed by atoms with van der Waals surface area (Å²) in [7, 11) is 0. The summed E-state index contributed by atoms with van der Waals surface area (Å²) in [6, 6.07) is 7.92. The van der Waals surface area contributed by atoms with E-state index in [0.29, 0.717) is 17.9 Å². The molecule has 1 atom stereocenters. The predicted octanol–water partition coefficient (Wildman–Crippen LogP) is 2.61. The number of nitrogens with zero attached hydrogens (tertiary/aromatic N) is 2. The first-order valence-electron chi connectivity index (χ1n) is 10.3. The summed E-state index contributed by atoms with van der Waals surface area (Å²) in [5.41, 5.74) is 9.11. The highest BCUT2D eigenvalue weighted by Crippen LogP contribution is 2.44. The Morgan fingerprint density at radius 3 is 2.73 bits per heavy atom. The number of anilines is 1. The van der Waals surface area contributed by atoms with Crippen molar-refractivity contribution in [1.29, 1.82) is 0 Å². The number of benzene rings is 1. The van der Waals surface area contributed by atoms with Crippen molar-refractivity contribution < 1.29 is 14.6 Å². The second-order valence-corrected chi connectivity index (χ2v) is 7.98. The summed E-state index contributed by atoms with van der Waals surface area (Å²) in [6.45, 7) is 3.97. The maximum atomic E-state index is 13.4. The van der Waals surface area contributed by atoms with Crippen LogP contribution in [0.4, 0.5) is 5.69 Å². The van der Waals surface area contributed by atoms with Gasteiger partial charge in [-0.3, -0.25) is 4.79 Å². The molecule has 2 aromatic heterocycles. The summed E-state index contributed by atoms with van der Waals surface area (Å²) in [5, 5.41) is 12.1. The van der Waals surface area contributed by atoms with Crippen molar-refractivity contribution in [2.45, 2.75) is 51.9 Å². The molecule has 0 fully saturated rings. The Balaban J connectivity index is 1.88. The van der Waals surface area contributed by atoms with Gasteiger partial charge in [0.2, 0.25) is 0 Å². The van der Waals surface area contributed by atoms with E-state index in [0.717, 1.165) is 34.9 Å². The van der Waals surface area contributed by atoms with Crippen LogP contribution >= 0.6 is 0 Å². The molecule has 2 aliphatic heterocycles. The number of aromatic nitrogens is 2. The average Bonchev–Trinajstić information content (AvgIpc) is 3.13. The van der Waals surface area contributed by atoms with Crippen molar-refractivity contribution in [1.82, 2.24) is 9.55 Å². The van der Waals surface area contributed by atoms with Crippen LogP contribution in [0, 0.1) is 0 Å². The molecule has 0 unspecified atom stereocenters. The number of pyridine rings is 2. The number of ether oxygens (including phenoxy) is 1. The first-order chi connectivity index (χ1) is 14.4. The van der Waals surface area contributed by atoms with Gasteiger partial charge in [0, 0.05) is 16.5 Å².